The summed E-state index contributed by atoms with van der Waals surface area (Å²) in [6.07, 6.45) is -0.480. The number of benzene rings is 1. The van der Waals surface area contributed by atoms with Gasteiger partial charge >= 0.3 is 0 Å². The molecule has 0 spiro atoms. The van der Waals surface area contributed by atoms with Crippen molar-refractivity contribution in [3.8, 4) is 5.75 Å². The van der Waals surface area contributed by atoms with Crippen molar-refractivity contribution in [3.63, 3.8) is 0 Å². The minimum absolute atomic E-state index is 0.0209. The van der Waals surface area contributed by atoms with E-state index in [9.17, 15) is 4.79 Å². The van der Waals surface area contributed by atoms with Crippen LogP contribution in [0.1, 0.15) is 12.5 Å². The highest BCUT2D eigenvalue weighted by Crippen LogP contribution is 2.19. The Labute approximate surface area is 119 Å². The highest BCUT2D eigenvalue weighted by Gasteiger charge is 2.24. The first-order valence-electron chi connectivity index (χ1n) is 6.98. The smallest absolute Gasteiger partial charge is 0.263 e. The van der Waals surface area contributed by atoms with E-state index in [1.807, 2.05) is 31.3 Å². The maximum Gasteiger partial charge on any atom is 0.263 e. The number of hydrogen-bond donors (Lipinski definition) is 1. The van der Waals surface area contributed by atoms with Crippen LogP contribution < -0.4 is 10.1 Å². The van der Waals surface area contributed by atoms with Gasteiger partial charge in [0.25, 0.3) is 5.91 Å². The molecule has 0 radical (unpaired) electrons. The van der Waals surface area contributed by atoms with Crippen LogP contribution in [0.4, 0.5) is 0 Å². The summed E-state index contributed by atoms with van der Waals surface area (Å²) in [6.45, 7) is 5.02. The summed E-state index contributed by atoms with van der Waals surface area (Å²) < 4.78 is 11.1. The number of nitrogens with zero attached hydrogens (tertiary/aromatic N) is 1. The van der Waals surface area contributed by atoms with Gasteiger partial charge in [-0.15, -0.1) is 0 Å². The lowest BCUT2D eigenvalue weighted by Gasteiger charge is -2.29. The van der Waals surface area contributed by atoms with Gasteiger partial charge in [0.05, 0.1) is 13.2 Å². The maximum atomic E-state index is 12.3. The molecule has 5 nitrogen and oxygen atoms in total. The lowest BCUT2D eigenvalue weighted by molar-refractivity contribution is -0.142. The molecular weight excluding hydrogens is 256 g/mol. The zero-order valence-electron chi connectivity index (χ0n) is 12.1. The third-order valence-electron chi connectivity index (χ3n) is 3.31. The fourth-order valence-electron chi connectivity index (χ4n) is 2.24. The molecule has 1 fully saturated rings. The summed E-state index contributed by atoms with van der Waals surface area (Å²) >= 11 is 0. The van der Waals surface area contributed by atoms with Crippen molar-refractivity contribution >= 4 is 5.91 Å². The predicted molar refractivity (Wildman–Crippen MR) is 76.7 cm³/mol. The Morgan fingerprint density at radius 3 is 2.80 bits per heavy atom. The van der Waals surface area contributed by atoms with E-state index >= 15 is 0 Å². The number of carbonyl (C=O) groups is 1. The first-order chi connectivity index (χ1) is 9.72. The Balaban J connectivity index is 1.99. The van der Waals surface area contributed by atoms with Crippen LogP contribution in [-0.2, 0) is 16.1 Å². The Bertz CT molecular complexity index is 444. The fraction of sp³-hybridized carbons (Fsp3) is 0.533. The zero-order chi connectivity index (χ0) is 14.4. The number of ether oxygens (including phenoxy) is 2. The van der Waals surface area contributed by atoms with E-state index in [-0.39, 0.29) is 5.91 Å². The molecule has 1 amide bonds. The third kappa shape index (κ3) is 3.71. The van der Waals surface area contributed by atoms with Crippen LogP contribution in [0.3, 0.4) is 0 Å². The molecule has 1 unspecified atom stereocenters. The van der Waals surface area contributed by atoms with Crippen LogP contribution in [-0.4, -0.2) is 50.3 Å². The Hall–Kier alpha value is -1.59. The van der Waals surface area contributed by atoms with E-state index in [0.29, 0.717) is 32.8 Å². The number of morpholine rings is 1. The maximum absolute atomic E-state index is 12.3. The minimum Gasteiger partial charge on any atom is -0.481 e. The van der Waals surface area contributed by atoms with Crippen LogP contribution >= 0.6 is 0 Å². The van der Waals surface area contributed by atoms with Gasteiger partial charge < -0.3 is 19.7 Å². The molecule has 0 aliphatic carbocycles. The molecular formula is C15H22N2O3. The van der Waals surface area contributed by atoms with Gasteiger partial charge in [-0.3, -0.25) is 4.79 Å². The summed E-state index contributed by atoms with van der Waals surface area (Å²) in [5.41, 5.74) is 1.05. The SMILES string of the molecule is CNCc1ccccc1OC(C)C(=O)N1CCOCC1. The van der Waals surface area contributed by atoms with Crippen molar-refractivity contribution in [2.75, 3.05) is 33.4 Å². The molecule has 0 bridgehead atoms. The van der Waals surface area contributed by atoms with Gasteiger partial charge in [0.1, 0.15) is 5.75 Å². The van der Waals surface area contributed by atoms with Crippen LogP contribution in [0.25, 0.3) is 0 Å². The van der Waals surface area contributed by atoms with E-state index < -0.39 is 6.10 Å². The molecule has 110 valence electrons. The number of carbonyl (C=O) groups excluding carboxylic acids is 1. The summed E-state index contributed by atoms with van der Waals surface area (Å²) in [5.74, 6) is 0.781. The highest BCUT2D eigenvalue weighted by atomic mass is 16.5. The van der Waals surface area contributed by atoms with E-state index in [2.05, 4.69) is 5.32 Å². The molecule has 2 rings (SSSR count). The number of amides is 1. The standard InChI is InChI=1S/C15H22N2O3/c1-12(15(18)17-7-9-19-10-8-17)20-14-6-4-3-5-13(14)11-16-2/h3-6,12,16H,7-11H2,1-2H3. The van der Waals surface area contributed by atoms with Gasteiger partial charge in [-0.1, -0.05) is 18.2 Å². The molecule has 1 atom stereocenters. The number of para-hydroxylation sites is 1. The second-order valence-electron chi connectivity index (χ2n) is 4.84. The second kappa shape index (κ2) is 7.26. The van der Waals surface area contributed by atoms with Crippen LogP contribution in [0.5, 0.6) is 5.75 Å². The van der Waals surface area contributed by atoms with E-state index in [4.69, 9.17) is 9.47 Å². The average molecular weight is 278 g/mol. The van der Waals surface area contributed by atoms with E-state index in [1.165, 1.54) is 0 Å². The normalized spacial score (nSPS) is 16.8. The number of rotatable bonds is 5. The number of nitrogens with one attached hydrogen (secondary N) is 1. The van der Waals surface area contributed by atoms with Crippen molar-refractivity contribution in [2.45, 2.75) is 19.6 Å². The van der Waals surface area contributed by atoms with Gasteiger partial charge in [-0.2, -0.15) is 0 Å². The molecule has 1 heterocycles. The third-order valence-corrected chi connectivity index (χ3v) is 3.31. The molecule has 1 aliphatic rings. The lowest BCUT2D eigenvalue weighted by Crippen LogP contribution is -2.46. The molecule has 1 aromatic carbocycles. The fourth-order valence-corrected chi connectivity index (χ4v) is 2.24. The van der Waals surface area contributed by atoms with Gasteiger partial charge in [-0.25, -0.2) is 0 Å². The summed E-state index contributed by atoms with van der Waals surface area (Å²) in [5, 5.41) is 3.10. The van der Waals surface area contributed by atoms with Gasteiger partial charge in [0, 0.05) is 25.2 Å². The summed E-state index contributed by atoms with van der Waals surface area (Å²) in [4.78, 5) is 14.1. The lowest BCUT2D eigenvalue weighted by atomic mass is 10.2. The first kappa shape index (κ1) is 14.8. The molecule has 1 N–H and O–H groups in total. The predicted octanol–water partition coefficient (Wildman–Crippen LogP) is 1.03. The van der Waals surface area contributed by atoms with Crippen LogP contribution in [0.15, 0.2) is 24.3 Å². The Morgan fingerprint density at radius 1 is 1.40 bits per heavy atom. The second-order valence-corrected chi connectivity index (χ2v) is 4.84. The molecule has 1 saturated heterocycles. The molecule has 5 heteroatoms. The molecule has 0 saturated carbocycles. The first-order valence-corrected chi connectivity index (χ1v) is 6.98. The van der Waals surface area contributed by atoms with E-state index in [0.717, 1.165) is 11.3 Å². The zero-order valence-corrected chi connectivity index (χ0v) is 12.1. The molecule has 1 aliphatic heterocycles. The molecule has 0 aromatic heterocycles. The summed E-state index contributed by atoms with van der Waals surface area (Å²) in [6, 6.07) is 7.78. The molecule has 1 aromatic rings. The van der Waals surface area contributed by atoms with Crippen LogP contribution in [0, 0.1) is 0 Å². The van der Waals surface area contributed by atoms with Crippen molar-refractivity contribution < 1.29 is 14.3 Å². The monoisotopic (exact) mass is 278 g/mol. The van der Waals surface area contributed by atoms with Crippen LogP contribution in [0.2, 0.25) is 0 Å². The molecule has 20 heavy (non-hydrogen) atoms. The minimum atomic E-state index is -0.480. The van der Waals surface area contributed by atoms with Crippen molar-refractivity contribution in [2.24, 2.45) is 0 Å². The highest BCUT2D eigenvalue weighted by molar-refractivity contribution is 5.81. The van der Waals surface area contributed by atoms with Crippen molar-refractivity contribution in [1.29, 1.82) is 0 Å². The Morgan fingerprint density at radius 2 is 2.10 bits per heavy atom. The van der Waals surface area contributed by atoms with Gasteiger partial charge in [-0.05, 0) is 20.0 Å². The van der Waals surface area contributed by atoms with Gasteiger partial charge in [0.15, 0.2) is 6.10 Å². The number of hydrogen-bond acceptors (Lipinski definition) is 4. The van der Waals surface area contributed by atoms with Crippen molar-refractivity contribution in [1.82, 2.24) is 10.2 Å². The quantitative estimate of drug-likeness (QED) is 0.874. The Kier molecular flexibility index (Phi) is 5.38. The summed E-state index contributed by atoms with van der Waals surface area (Å²) in [7, 11) is 1.89. The topological polar surface area (TPSA) is 50.8 Å². The largest absolute Gasteiger partial charge is 0.481 e. The van der Waals surface area contributed by atoms with Crippen molar-refractivity contribution in [3.05, 3.63) is 29.8 Å². The van der Waals surface area contributed by atoms with E-state index in [1.54, 1.807) is 11.8 Å². The average Bonchev–Trinajstić information content (AvgIpc) is 2.49. The van der Waals surface area contributed by atoms with Gasteiger partial charge in [0.2, 0.25) is 0 Å².